The van der Waals surface area contributed by atoms with Gasteiger partial charge < -0.3 is 15.4 Å². The van der Waals surface area contributed by atoms with Crippen molar-refractivity contribution in [2.75, 3.05) is 19.4 Å². The summed E-state index contributed by atoms with van der Waals surface area (Å²) in [4.78, 5) is 9.06. The van der Waals surface area contributed by atoms with Crippen LogP contribution in [0.15, 0.2) is 36.4 Å². The van der Waals surface area contributed by atoms with E-state index in [9.17, 15) is 0 Å². The van der Waals surface area contributed by atoms with Gasteiger partial charge in [-0.25, -0.2) is 0 Å². The number of aryl methyl sites for hydroxylation is 3. The molecule has 7 heteroatoms. The fraction of sp³-hybridized carbons (Fsp3) is 0.304. The fourth-order valence-electron chi connectivity index (χ4n) is 3.12. The molecule has 3 aromatic rings. The molecular formula is C23H29ClN4O2. The van der Waals surface area contributed by atoms with Gasteiger partial charge in [0, 0.05) is 43.5 Å². The van der Waals surface area contributed by atoms with Gasteiger partial charge in [-0.05, 0) is 56.2 Å². The van der Waals surface area contributed by atoms with E-state index in [4.69, 9.17) is 21.1 Å². The number of amides is 1. The average Bonchev–Trinajstić information content (AvgIpc) is 3.00. The number of ether oxygens (including phenoxy) is 1. The van der Waals surface area contributed by atoms with Gasteiger partial charge in [-0.1, -0.05) is 23.7 Å². The molecule has 0 aliphatic heterocycles. The predicted molar refractivity (Wildman–Crippen MR) is 123 cm³/mol. The van der Waals surface area contributed by atoms with E-state index < -0.39 is 0 Å². The zero-order valence-corrected chi connectivity index (χ0v) is 19.1. The number of carbonyl (C=O) groups excluding carboxylic acids is 1. The van der Waals surface area contributed by atoms with Crippen LogP contribution in [0.5, 0.6) is 5.75 Å². The first-order chi connectivity index (χ1) is 14.3. The summed E-state index contributed by atoms with van der Waals surface area (Å²) in [5.74, 6) is 0.874. The molecular weight excluding hydrogens is 400 g/mol. The van der Waals surface area contributed by atoms with Crippen LogP contribution in [0.2, 0.25) is 5.15 Å². The van der Waals surface area contributed by atoms with Crippen LogP contribution in [-0.4, -0.2) is 30.3 Å². The number of aromatic nitrogens is 2. The van der Waals surface area contributed by atoms with Crippen molar-refractivity contribution in [1.29, 1.82) is 0 Å². The number of hydrogen-bond acceptors (Lipinski definition) is 4. The molecule has 3 rings (SSSR count). The minimum absolute atomic E-state index is 0.525. The molecule has 0 aliphatic carbocycles. The van der Waals surface area contributed by atoms with Crippen molar-refractivity contribution in [1.82, 2.24) is 15.1 Å². The SMILES string of the molecule is CNC=O.CNc1cccc(C)c1COc1ccc(-c2nn(C)c(Cl)c2C)cc1C. The van der Waals surface area contributed by atoms with Crippen molar-refractivity contribution in [3.05, 3.63) is 63.8 Å². The third-order valence-corrected chi connectivity index (χ3v) is 5.34. The van der Waals surface area contributed by atoms with Crippen LogP contribution < -0.4 is 15.4 Å². The predicted octanol–water partition coefficient (Wildman–Crippen LogP) is 4.65. The number of halogens is 1. The first kappa shape index (κ1) is 23.3. The first-order valence-electron chi connectivity index (χ1n) is 9.64. The Hall–Kier alpha value is -2.99. The quantitative estimate of drug-likeness (QED) is 0.561. The molecule has 0 saturated heterocycles. The van der Waals surface area contributed by atoms with Gasteiger partial charge in [0.25, 0.3) is 0 Å². The summed E-state index contributed by atoms with van der Waals surface area (Å²) >= 11 is 6.25. The molecule has 1 amide bonds. The molecule has 0 aliphatic rings. The van der Waals surface area contributed by atoms with Gasteiger partial charge in [0.05, 0.1) is 5.69 Å². The summed E-state index contributed by atoms with van der Waals surface area (Å²) in [5, 5.41) is 10.7. The Morgan fingerprint density at radius 2 is 1.83 bits per heavy atom. The maximum Gasteiger partial charge on any atom is 0.206 e. The van der Waals surface area contributed by atoms with Crippen LogP contribution in [-0.2, 0) is 18.4 Å². The van der Waals surface area contributed by atoms with Gasteiger partial charge >= 0.3 is 0 Å². The smallest absolute Gasteiger partial charge is 0.206 e. The molecule has 0 fully saturated rings. The highest BCUT2D eigenvalue weighted by Gasteiger charge is 2.14. The highest BCUT2D eigenvalue weighted by atomic mass is 35.5. The zero-order chi connectivity index (χ0) is 22.3. The van der Waals surface area contributed by atoms with Crippen LogP contribution in [0.25, 0.3) is 11.3 Å². The molecule has 0 spiro atoms. The monoisotopic (exact) mass is 428 g/mol. The Morgan fingerprint density at radius 3 is 2.37 bits per heavy atom. The van der Waals surface area contributed by atoms with Crippen molar-refractivity contribution >= 4 is 23.7 Å². The van der Waals surface area contributed by atoms with Crippen LogP contribution >= 0.6 is 11.6 Å². The zero-order valence-electron chi connectivity index (χ0n) is 18.3. The van der Waals surface area contributed by atoms with Gasteiger partial charge in [0.1, 0.15) is 17.5 Å². The molecule has 0 unspecified atom stereocenters. The van der Waals surface area contributed by atoms with E-state index in [-0.39, 0.29) is 0 Å². The van der Waals surface area contributed by atoms with Gasteiger partial charge in [0.2, 0.25) is 6.41 Å². The van der Waals surface area contributed by atoms with E-state index in [0.29, 0.717) is 18.2 Å². The highest BCUT2D eigenvalue weighted by molar-refractivity contribution is 6.30. The normalized spacial score (nSPS) is 10.1. The van der Waals surface area contributed by atoms with Crippen molar-refractivity contribution in [2.24, 2.45) is 7.05 Å². The summed E-state index contributed by atoms with van der Waals surface area (Å²) in [6.07, 6.45) is 0.625. The van der Waals surface area contributed by atoms with E-state index in [1.54, 1.807) is 11.7 Å². The molecule has 0 bridgehead atoms. The molecule has 160 valence electrons. The molecule has 30 heavy (non-hydrogen) atoms. The Bertz CT molecular complexity index is 1010. The van der Waals surface area contributed by atoms with Crippen LogP contribution in [0.1, 0.15) is 22.3 Å². The minimum atomic E-state index is 0.525. The largest absolute Gasteiger partial charge is 0.489 e. The lowest BCUT2D eigenvalue weighted by atomic mass is 10.1. The van der Waals surface area contributed by atoms with Gasteiger partial charge in [-0.15, -0.1) is 0 Å². The third-order valence-electron chi connectivity index (χ3n) is 4.82. The number of nitrogens with one attached hydrogen (secondary N) is 2. The Labute approximate surface area is 183 Å². The van der Waals surface area contributed by atoms with E-state index in [2.05, 4.69) is 47.8 Å². The maximum absolute atomic E-state index is 9.06. The fourth-order valence-corrected chi connectivity index (χ4v) is 3.25. The summed E-state index contributed by atoms with van der Waals surface area (Å²) in [6, 6.07) is 12.3. The first-order valence-corrected chi connectivity index (χ1v) is 10.0. The topological polar surface area (TPSA) is 68.2 Å². The van der Waals surface area contributed by atoms with Gasteiger partial charge in [0.15, 0.2) is 0 Å². The van der Waals surface area contributed by atoms with E-state index in [1.807, 2.05) is 39.2 Å². The molecule has 2 aromatic carbocycles. The molecule has 1 heterocycles. The maximum atomic E-state index is 9.06. The van der Waals surface area contributed by atoms with Crippen molar-refractivity contribution in [2.45, 2.75) is 27.4 Å². The summed E-state index contributed by atoms with van der Waals surface area (Å²) < 4.78 is 7.80. The average molecular weight is 429 g/mol. The van der Waals surface area contributed by atoms with Crippen molar-refractivity contribution in [3.8, 4) is 17.0 Å². The number of nitrogens with zero attached hydrogens (tertiary/aromatic N) is 2. The number of hydrogen-bond donors (Lipinski definition) is 2. The van der Waals surface area contributed by atoms with Crippen LogP contribution in [0.3, 0.4) is 0 Å². The molecule has 0 radical (unpaired) electrons. The summed E-state index contributed by atoms with van der Waals surface area (Å²) in [7, 11) is 5.34. The second-order valence-electron chi connectivity index (χ2n) is 6.91. The summed E-state index contributed by atoms with van der Waals surface area (Å²) in [6.45, 7) is 6.66. The molecule has 0 saturated carbocycles. The van der Waals surface area contributed by atoms with E-state index >= 15 is 0 Å². The lowest BCUT2D eigenvalue weighted by molar-refractivity contribution is -0.109. The number of anilines is 1. The Balaban J connectivity index is 0.000000735. The Morgan fingerprint density at radius 1 is 1.13 bits per heavy atom. The third kappa shape index (κ3) is 5.33. The minimum Gasteiger partial charge on any atom is -0.489 e. The number of benzene rings is 2. The lowest BCUT2D eigenvalue weighted by Crippen LogP contribution is -2.03. The standard InChI is InChI=1S/C21H24ClN3O.C2H5NO/c1-13-7-6-8-18(23-4)17(13)12-26-19-10-9-16(11-14(19)2)20-15(3)21(22)25(5)24-20;1-3-2-4/h6-11,23H,12H2,1-5H3;2H,1H3,(H,3,4). The number of carbonyl (C=O) groups is 1. The summed E-state index contributed by atoms with van der Waals surface area (Å²) in [5.41, 5.74) is 7.49. The van der Waals surface area contributed by atoms with Crippen LogP contribution in [0.4, 0.5) is 5.69 Å². The van der Waals surface area contributed by atoms with Crippen LogP contribution in [0, 0.1) is 20.8 Å². The molecule has 2 N–H and O–H groups in total. The second-order valence-corrected chi connectivity index (χ2v) is 7.27. The molecule has 1 aromatic heterocycles. The number of rotatable bonds is 6. The lowest BCUT2D eigenvalue weighted by Gasteiger charge is -2.15. The van der Waals surface area contributed by atoms with Crippen molar-refractivity contribution < 1.29 is 9.53 Å². The highest BCUT2D eigenvalue weighted by Crippen LogP contribution is 2.31. The van der Waals surface area contributed by atoms with Gasteiger partial charge in [-0.3, -0.25) is 9.48 Å². The van der Waals surface area contributed by atoms with E-state index in [1.165, 1.54) is 11.1 Å². The Kier molecular flexibility index (Phi) is 8.30. The molecule has 6 nitrogen and oxygen atoms in total. The molecule has 0 atom stereocenters. The second kappa shape index (κ2) is 10.7. The van der Waals surface area contributed by atoms with Gasteiger partial charge in [-0.2, -0.15) is 5.10 Å². The van der Waals surface area contributed by atoms with E-state index in [0.717, 1.165) is 33.8 Å². The van der Waals surface area contributed by atoms with Crippen molar-refractivity contribution in [3.63, 3.8) is 0 Å².